The minimum atomic E-state index is 0.234. The standard InChI is InChI=1S/C23H32N2O/c1-18(2)15-21(13-14-26-17-19-9-5-3-6-10-19)25-16-22(24)23(25)20-11-7-4-8-12-20/h3-12,18,21-23H,13-17,24H2,1-2H3/t21-,22-,23-/m1/s1. The van der Waals surface area contributed by atoms with E-state index in [-0.39, 0.29) is 6.04 Å². The van der Waals surface area contributed by atoms with Crippen LogP contribution in [-0.2, 0) is 11.3 Å². The van der Waals surface area contributed by atoms with Crippen molar-refractivity contribution in [3.63, 3.8) is 0 Å². The van der Waals surface area contributed by atoms with Crippen molar-refractivity contribution in [3.05, 3.63) is 71.8 Å². The maximum atomic E-state index is 6.37. The van der Waals surface area contributed by atoms with Gasteiger partial charge in [0.1, 0.15) is 0 Å². The molecule has 3 nitrogen and oxygen atoms in total. The maximum absolute atomic E-state index is 6.37. The van der Waals surface area contributed by atoms with Gasteiger partial charge in [0.05, 0.1) is 12.6 Å². The van der Waals surface area contributed by atoms with Gasteiger partial charge in [-0.3, -0.25) is 4.90 Å². The average Bonchev–Trinajstić information content (AvgIpc) is 2.63. The van der Waals surface area contributed by atoms with Crippen LogP contribution >= 0.6 is 0 Å². The van der Waals surface area contributed by atoms with E-state index >= 15 is 0 Å². The second-order valence-corrected chi connectivity index (χ2v) is 7.83. The Kier molecular flexibility index (Phi) is 6.84. The summed E-state index contributed by atoms with van der Waals surface area (Å²) in [6.45, 7) is 7.07. The van der Waals surface area contributed by atoms with Crippen LogP contribution in [0.5, 0.6) is 0 Å². The predicted molar refractivity (Wildman–Crippen MR) is 108 cm³/mol. The van der Waals surface area contributed by atoms with Crippen LogP contribution in [0.3, 0.4) is 0 Å². The molecule has 3 rings (SSSR count). The molecule has 3 heteroatoms. The molecule has 0 aromatic heterocycles. The highest BCUT2D eigenvalue weighted by atomic mass is 16.5. The predicted octanol–water partition coefficient (Wildman–Crippen LogP) is 4.39. The van der Waals surface area contributed by atoms with Crippen molar-refractivity contribution in [1.29, 1.82) is 0 Å². The van der Waals surface area contributed by atoms with Crippen LogP contribution in [0, 0.1) is 5.92 Å². The van der Waals surface area contributed by atoms with Gasteiger partial charge in [-0.15, -0.1) is 0 Å². The molecule has 3 atom stereocenters. The van der Waals surface area contributed by atoms with Gasteiger partial charge in [-0.25, -0.2) is 0 Å². The molecule has 2 aromatic rings. The zero-order valence-electron chi connectivity index (χ0n) is 16.1. The lowest BCUT2D eigenvalue weighted by Gasteiger charge is -2.51. The van der Waals surface area contributed by atoms with E-state index in [4.69, 9.17) is 10.5 Å². The Morgan fingerprint density at radius 1 is 1.04 bits per heavy atom. The van der Waals surface area contributed by atoms with Crippen molar-refractivity contribution in [2.75, 3.05) is 13.2 Å². The number of likely N-dealkylation sites (tertiary alicyclic amines) is 1. The van der Waals surface area contributed by atoms with Gasteiger partial charge in [-0.05, 0) is 29.9 Å². The summed E-state index contributed by atoms with van der Waals surface area (Å²) < 4.78 is 5.96. The summed E-state index contributed by atoms with van der Waals surface area (Å²) in [6, 6.07) is 22.2. The zero-order chi connectivity index (χ0) is 18.4. The van der Waals surface area contributed by atoms with Gasteiger partial charge in [-0.1, -0.05) is 74.5 Å². The lowest BCUT2D eigenvalue weighted by molar-refractivity contribution is -0.00922. The molecule has 1 heterocycles. The van der Waals surface area contributed by atoms with Crippen LogP contribution in [-0.4, -0.2) is 30.1 Å². The second-order valence-electron chi connectivity index (χ2n) is 7.83. The first-order valence-electron chi connectivity index (χ1n) is 9.83. The molecule has 2 aromatic carbocycles. The van der Waals surface area contributed by atoms with Crippen LogP contribution in [0.1, 0.15) is 43.9 Å². The van der Waals surface area contributed by atoms with Gasteiger partial charge in [0.2, 0.25) is 0 Å². The topological polar surface area (TPSA) is 38.5 Å². The van der Waals surface area contributed by atoms with Crippen molar-refractivity contribution in [3.8, 4) is 0 Å². The van der Waals surface area contributed by atoms with E-state index < -0.39 is 0 Å². The molecule has 0 aliphatic carbocycles. The number of hydrogen-bond donors (Lipinski definition) is 1. The number of ether oxygens (including phenoxy) is 1. The van der Waals surface area contributed by atoms with E-state index in [0.29, 0.717) is 24.6 Å². The minimum Gasteiger partial charge on any atom is -0.377 e. The molecule has 26 heavy (non-hydrogen) atoms. The fraction of sp³-hybridized carbons (Fsp3) is 0.478. The SMILES string of the molecule is CC(C)C[C@@H](CCOCc1ccccc1)N1C[C@@H](N)[C@H]1c1ccccc1. The Morgan fingerprint density at radius 3 is 2.31 bits per heavy atom. The van der Waals surface area contributed by atoms with Crippen molar-refractivity contribution in [1.82, 2.24) is 4.90 Å². The quantitative estimate of drug-likeness (QED) is 0.680. The van der Waals surface area contributed by atoms with E-state index in [9.17, 15) is 0 Å². The number of nitrogens with zero attached hydrogens (tertiary/aromatic N) is 1. The largest absolute Gasteiger partial charge is 0.377 e. The monoisotopic (exact) mass is 352 g/mol. The van der Waals surface area contributed by atoms with Crippen LogP contribution in [0.4, 0.5) is 0 Å². The Labute approximate surface area is 158 Å². The highest BCUT2D eigenvalue weighted by molar-refractivity contribution is 5.24. The summed E-state index contributed by atoms with van der Waals surface area (Å²) in [4.78, 5) is 2.59. The molecular weight excluding hydrogens is 320 g/mol. The van der Waals surface area contributed by atoms with Gasteiger partial charge >= 0.3 is 0 Å². The van der Waals surface area contributed by atoms with Crippen molar-refractivity contribution >= 4 is 0 Å². The minimum absolute atomic E-state index is 0.234. The molecule has 1 aliphatic rings. The zero-order valence-corrected chi connectivity index (χ0v) is 16.1. The molecule has 1 aliphatic heterocycles. The summed E-state index contributed by atoms with van der Waals surface area (Å²) in [5, 5.41) is 0. The Hall–Kier alpha value is -1.68. The van der Waals surface area contributed by atoms with Crippen LogP contribution in [0.25, 0.3) is 0 Å². The maximum Gasteiger partial charge on any atom is 0.0716 e. The van der Waals surface area contributed by atoms with Crippen molar-refractivity contribution < 1.29 is 4.74 Å². The van der Waals surface area contributed by atoms with Crippen LogP contribution in [0.2, 0.25) is 0 Å². The Balaban J connectivity index is 1.57. The fourth-order valence-corrected chi connectivity index (χ4v) is 3.98. The number of hydrogen-bond acceptors (Lipinski definition) is 3. The average molecular weight is 353 g/mol. The normalized spacial score (nSPS) is 21.5. The van der Waals surface area contributed by atoms with Gasteiger partial charge in [0.15, 0.2) is 0 Å². The molecule has 2 N–H and O–H groups in total. The number of rotatable bonds is 9. The number of benzene rings is 2. The van der Waals surface area contributed by atoms with E-state index in [1.54, 1.807) is 0 Å². The summed E-state index contributed by atoms with van der Waals surface area (Å²) >= 11 is 0. The smallest absolute Gasteiger partial charge is 0.0716 e. The molecule has 0 unspecified atom stereocenters. The third kappa shape index (κ3) is 4.94. The van der Waals surface area contributed by atoms with Gasteiger partial charge in [-0.2, -0.15) is 0 Å². The first-order chi connectivity index (χ1) is 12.6. The highest BCUT2D eigenvalue weighted by Gasteiger charge is 2.41. The fourth-order valence-electron chi connectivity index (χ4n) is 3.98. The summed E-state index contributed by atoms with van der Waals surface area (Å²) in [7, 11) is 0. The third-order valence-electron chi connectivity index (χ3n) is 5.25. The molecule has 1 saturated heterocycles. The number of nitrogens with two attached hydrogens (primary N) is 1. The first-order valence-corrected chi connectivity index (χ1v) is 9.83. The molecule has 0 saturated carbocycles. The second kappa shape index (κ2) is 9.31. The summed E-state index contributed by atoms with van der Waals surface area (Å²) in [5.74, 6) is 0.669. The highest BCUT2D eigenvalue weighted by Crippen LogP contribution is 2.36. The molecule has 0 bridgehead atoms. The van der Waals surface area contributed by atoms with E-state index in [1.165, 1.54) is 17.5 Å². The molecule has 0 radical (unpaired) electrons. The van der Waals surface area contributed by atoms with Crippen LogP contribution < -0.4 is 5.73 Å². The molecule has 140 valence electrons. The first kappa shape index (κ1) is 19.1. The Bertz CT molecular complexity index is 644. The van der Waals surface area contributed by atoms with Gasteiger partial charge in [0.25, 0.3) is 0 Å². The lowest BCUT2D eigenvalue weighted by Crippen LogP contribution is -2.61. The van der Waals surface area contributed by atoms with E-state index in [1.807, 2.05) is 6.07 Å². The molecule has 0 spiro atoms. The van der Waals surface area contributed by atoms with Crippen molar-refractivity contribution in [2.45, 2.75) is 51.4 Å². The third-order valence-corrected chi connectivity index (χ3v) is 5.25. The lowest BCUT2D eigenvalue weighted by atomic mass is 9.85. The van der Waals surface area contributed by atoms with E-state index in [2.05, 4.69) is 73.3 Å². The molecule has 1 fully saturated rings. The molecular formula is C23H32N2O. The Morgan fingerprint density at radius 2 is 1.69 bits per heavy atom. The summed E-state index contributed by atoms with van der Waals surface area (Å²) in [5.41, 5.74) is 8.95. The van der Waals surface area contributed by atoms with Gasteiger partial charge in [0, 0.05) is 25.2 Å². The summed E-state index contributed by atoms with van der Waals surface area (Å²) in [6.07, 6.45) is 2.24. The van der Waals surface area contributed by atoms with Crippen LogP contribution in [0.15, 0.2) is 60.7 Å². The van der Waals surface area contributed by atoms with Gasteiger partial charge < -0.3 is 10.5 Å². The van der Waals surface area contributed by atoms with E-state index in [0.717, 1.165) is 19.6 Å². The molecule has 0 amide bonds. The van der Waals surface area contributed by atoms with Crippen molar-refractivity contribution in [2.24, 2.45) is 11.7 Å².